The standard InChI is InChI=1S/C21H27N3O3S/c25-21-17-22(15-18-7-3-1-4-8-18)16-20(21)23-11-13-24(14-12-23)28(26,27)19-9-5-2-6-10-19/h1-10,20-21,25H,11-17H2/t20-,21-/m0/s1. The van der Waals surface area contributed by atoms with Gasteiger partial charge in [0.2, 0.25) is 10.0 Å². The molecule has 0 bridgehead atoms. The van der Waals surface area contributed by atoms with Crippen molar-refractivity contribution in [1.29, 1.82) is 0 Å². The van der Waals surface area contributed by atoms with E-state index in [-0.39, 0.29) is 6.04 Å². The van der Waals surface area contributed by atoms with E-state index in [1.807, 2.05) is 24.3 Å². The van der Waals surface area contributed by atoms with Gasteiger partial charge >= 0.3 is 0 Å². The van der Waals surface area contributed by atoms with E-state index in [1.54, 1.807) is 28.6 Å². The monoisotopic (exact) mass is 401 g/mol. The number of hydrogen-bond acceptors (Lipinski definition) is 5. The number of nitrogens with zero attached hydrogens (tertiary/aromatic N) is 3. The summed E-state index contributed by atoms with van der Waals surface area (Å²) in [5.41, 5.74) is 1.24. The average molecular weight is 402 g/mol. The quantitative estimate of drug-likeness (QED) is 0.817. The van der Waals surface area contributed by atoms with Crippen LogP contribution in [0.3, 0.4) is 0 Å². The topological polar surface area (TPSA) is 64.1 Å². The van der Waals surface area contributed by atoms with Crippen LogP contribution in [0.15, 0.2) is 65.6 Å². The van der Waals surface area contributed by atoms with Gasteiger partial charge in [0.15, 0.2) is 0 Å². The molecule has 2 aliphatic heterocycles. The Bertz CT molecular complexity index is 868. The summed E-state index contributed by atoms with van der Waals surface area (Å²) in [6, 6.07) is 18.9. The molecule has 2 atom stereocenters. The van der Waals surface area contributed by atoms with Crippen molar-refractivity contribution in [1.82, 2.24) is 14.1 Å². The molecule has 2 saturated heterocycles. The molecule has 0 spiro atoms. The summed E-state index contributed by atoms with van der Waals surface area (Å²) >= 11 is 0. The molecule has 7 heteroatoms. The number of hydrogen-bond donors (Lipinski definition) is 1. The highest BCUT2D eigenvalue weighted by Crippen LogP contribution is 2.22. The lowest BCUT2D eigenvalue weighted by Crippen LogP contribution is -2.54. The van der Waals surface area contributed by atoms with Gasteiger partial charge in [-0.3, -0.25) is 9.80 Å². The van der Waals surface area contributed by atoms with E-state index in [1.165, 1.54) is 5.56 Å². The highest BCUT2D eigenvalue weighted by atomic mass is 32.2. The summed E-state index contributed by atoms with van der Waals surface area (Å²) in [4.78, 5) is 4.86. The third-order valence-electron chi connectivity index (χ3n) is 5.71. The lowest BCUT2D eigenvalue weighted by Gasteiger charge is -2.38. The number of aliphatic hydroxyl groups excluding tert-OH is 1. The molecular weight excluding hydrogens is 374 g/mol. The molecule has 28 heavy (non-hydrogen) atoms. The number of likely N-dealkylation sites (tertiary alicyclic amines) is 1. The van der Waals surface area contributed by atoms with Gasteiger partial charge < -0.3 is 5.11 Å². The van der Waals surface area contributed by atoms with Crippen molar-refractivity contribution in [3.63, 3.8) is 0 Å². The number of β-amino-alcohol motifs (C(OH)–C–C–N with tert-alkyl or cyclic N) is 1. The summed E-state index contributed by atoms with van der Waals surface area (Å²) in [5, 5.41) is 10.6. The third-order valence-corrected chi connectivity index (χ3v) is 7.62. The molecule has 1 N–H and O–H groups in total. The number of rotatable bonds is 5. The van der Waals surface area contributed by atoms with Gasteiger partial charge in [0.1, 0.15) is 0 Å². The maximum Gasteiger partial charge on any atom is 0.243 e. The van der Waals surface area contributed by atoms with Crippen LogP contribution in [-0.2, 0) is 16.6 Å². The van der Waals surface area contributed by atoms with Crippen LogP contribution in [0, 0.1) is 0 Å². The van der Waals surface area contributed by atoms with E-state index in [0.717, 1.165) is 13.1 Å². The number of aliphatic hydroxyl groups is 1. The molecule has 2 fully saturated rings. The van der Waals surface area contributed by atoms with E-state index >= 15 is 0 Å². The molecule has 2 aromatic rings. The van der Waals surface area contributed by atoms with Crippen molar-refractivity contribution in [2.45, 2.75) is 23.6 Å². The van der Waals surface area contributed by atoms with Crippen LogP contribution >= 0.6 is 0 Å². The molecule has 2 aliphatic rings. The van der Waals surface area contributed by atoms with E-state index in [4.69, 9.17) is 0 Å². The van der Waals surface area contributed by atoms with Gasteiger partial charge in [0.25, 0.3) is 0 Å². The van der Waals surface area contributed by atoms with Crippen molar-refractivity contribution in [3.8, 4) is 0 Å². The smallest absolute Gasteiger partial charge is 0.243 e. The van der Waals surface area contributed by atoms with Gasteiger partial charge in [-0.25, -0.2) is 8.42 Å². The second kappa shape index (κ2) is 8.31. The highest BCUT2D eigenvalue weighted by Gasteiger charge is 2.38. The van der Waals surface area contributed by atoms with Gasteiger partial charge in [-0.15, -0.1) is 0 Å². The first-order valence-corrected chi connectivity index (χ1v) is 11.2. The zero-order chi connectivity index (χ0) is 19.6. The summed E-state index contributed by atoms with van der Waals surface area (Å²) in [6.45, 7) is 4.50. The van der Waals surface area contributed by atoms with Crippen molar-refractivity contribution in [2.24, 2.45) is 0 Å². The maximum absolute atomic E-state index is 12.8. The van der Waals surface area contributed by atoms with Gasteiger partial charge in [-0.05, 0) is 17.7 Å². The minimum absolute atomic E-state index is 0.0605. The van der Waals surface area contributed by atoms with Crippen LogP contribution in [0.5, 0.6) is 0 Å². The van der Waals surface area contributed by atoms with E-state index in [9.17, 15) is 13.5 Å². The summed E-state index contributed by atoms with van der Waals surface area (Å²) in [7, 11) is -3.44. The molecule has 0 amide bonds. The molecule has 2 aromatic carbocycles. The van der Waals surface area contributed by atoms with Gasteiger partial charge in [0, 0.05) is 51.9 Å². The fourth-order valence-electron chi connectivity index (χ4n) is 4.19. The predicted octanol–water partition coefficient (Wildman–Crippen LogP) is 1.24. The maximum atomic E-state index is 12.8. The Hall–Kier alpha value is -1.77. The minimum atomic E-state index is -3.44. The average Bonchev–Trinajstić information content (AvgIpc) is 3.09. The molecule has 2 heterocycles. The van der Waals surface area contributed by atoms with Crippen molar-refractivity contribution in [3.05, 3.63) is 66.2 Å². The largest absolute Gasteiger partial charge is 0.390 e. The Morgan fingerprint density at radius 2 is 1.46 bits per heavy atom. The molecule has 0 aromatic heterocycles. The summed E-state index contributed by atoms with van der Waals surface area (Å²) in [5.74, 6) is 0. The van der Waals surface area contributed by atoms with Crippen LogP contribution in [0.1, 0.15) is 5.56 Å². The Balaban J connectivity index is 1.35. The third kappa shape index (κ3) is 4.14. The second-order valence-electron chi connectivity index (χ2n) is 7.57. The first-order chi connectivity index (χ1) is 13.5. The summed E-state index contributed by atoms with van der Waals surface area (Å²) in [6.07, 6.45) is -0.402. The number of sulfonamides is 1. The van der Waals surface area contributed by atoms with Crippen LogP contribution in [0.4, 0.5) is 0 Å². The Morgan fingerprint density at radius 3 is 2.11 bits per heavy atom. The van der Waals surface area contributed by atoms with E-state index in [2.05, 4.69) is 21.9 Å². The number of benzene rings is 2. The molecular formula is C21H27N3O3S. The molecule has 0 radical (unpaired) electrons. The normalized spacial score (nSPS) is 25.2. The lowest BCUT2D eigenvalue weighted by molar-refractivity contribution is 0.0618. The van der Waals surface area contributed by atoms with Gasteiger partial charge in [0.05, 0.1) is 11.0 Å². The minimum Gasteiger partial charge on any atom is -0.390 e. The first-order valence-electron chi connectivity index (χ1n) is 9.77. The lowest BCUT2D eigenvalue weighted by atomic mass is 10.1. The van der Waals surface area contributed by atoms with Crippen molar-refractivity contribution >= 4 is 10.0 Å². The zero-order valence-corrected chi connectivity index (χ0v) is 16.7. The summed E-state index contributed by atoms with van der Waals surface area (Å²) < 4.78 is 27.1. The van der Waals surface area contributed by atoms with Crippen LogP contribution in [-0.4, -0.2) is 79.0 Å². The zero-order valence-electron chi connectivity index (χ0n) is 15.9. The molecule has 6 nitrogen and oxygen atoms in total. The Kier molecular flexibility index (Phi) is 5.80. The van der Waals surface area contributed by atoms with Crippen molar-refractivity contribution in [2.75, 3.05) is 39.3 Å². The number of piperazine rings is 1. The van der Waals surface area contributed by atoms with Crippen LogP contribution in [0.25, 0.3) is 0 Å². The Morgan fingerprint density at radius 1 is 0.857 bits per heavy atom. The Labute approximate surface area is 167 Å². The molecule has 150 valence electrons. The molecule has 0 aliphatic carbocycles. The van der Waals surface area contributed by atoms with Gasteiger partial charge in [-0.2, -0.15) is 4.31 Å². The fraction of sp³-hybridized carbons (Fsp3) is 0.429. The molecule has 0 unspecified atom stereocenters. The predicted molar refractivity (Wildman–Crippen MR) is 108 cm³/mol. The fourth-order valence-corrected chi connectivity index (χ4v) is 5.64. The highest BCUT2D eigenvalue weighted by molar-refractivity contribution is 7.89. The van der Waals surface area contributed by atoms with Crippen LogP contribution in [0.2, 0.25) is 0 Å². The van der Waals surface area contributed by atoms with E-state index in [0.29, 0.717) is 37.6 Å². The first kappa shape index (κ1) is 19.5. The second-order valence-corrected chi connectivity index (χ2v) is 9.51. The van der Waals surface area contributed by atoms with E-state index < -0.39 is 16.1 Å². The molecule has 0 saturated carbocycles. The van der Waals surface area contributed by atoms with Crippen molar-refractivity contribution < 1.29 is 13.5 Å². The van der Waals surface area contributed by atoms with Gasteiger partial charge in [-0.1, -0.05) is 48.5 Å². The molecule has 4 rings (SSSR count). The SMILES string of the molecule is O=S(=O)(c1ccccc1)N1CCN([C@H]2CN(Cc3ccccc3)C[C@@H]2O)CC1. The van der Waals surface area contributed by atoms with Crippen LogP contribution < -0.4 is 0 Å².